The molecule has 0 radical (unpaired) electrons. The summed E-state index contributed by atoms with van der Waals surface area (Å²) in [4.78, 5) is 32.2. The molecule has 1 aromatic heterocycles. The first-order chi connectivity index (χ1) is 12.8. The molecule has 1 unspecified atom stereocenters. The van der Waals surface area contributed by atoms with E-state index in [2.05, 4.69) is 4.98 Å². The summed E-state index contributed by atoms with van der Waals surface area (Å²) >= 11 is 5.89. The first-order valence-electron chi connectivity index (χ1n) is 8.55. The first-order valence-corrected chi connectivity index (χ1v) is 8.92. The molecule has 3 rings (SSSR count). The highest BCUT2D eigenvalue weighted by molar-refractivity contribution is 6.29. The summed E-state index contributed by atoms with van der Waals surface area (Å²) in [6.45, 7) is 5.58. The van der Waals surface area contributed by atoms with E-state index in [4.69, 9.17) is 16.3 Å². The number of rotatable bonds is 4. The number of aromatic nitrogens is 1. The number of esters is 1. The Balaban J connectivity index is 2.14. The maximum Gasteiger partial charge on any atom is 0.330 e. The predicted molar refractivity (Wildman–Crippen MR) is 103 cm³/mol. The average molecular weight is 385 g/mol. The molecule has 0 aliphatic carbocycles. The fourth-order valence-electron chi connectivity index (χ4n) is 3.55. The number of pyridine rings is 1. The molecular weight excluding hydrogens is 364 g/mol. The van der Waals surface area contributed by atoms with Crippen molar-refractivity contribution in [2.45, 2.75) is 31.7 Å². The fraction of sp³-hybridized carbons (Fsp3) is 0.286. The Bertz CT molecular complexity index is 907. The van der Waals surface area contributed by atoms with Crippen LogP contribution in [0.5, 0.6) is 0 Å². The third kappa shape index (κ3) is 2.82. The van der Waals surface area contributed by atoms with E-state index in [-0.39, 0.29) is 5.91 Å². The molecule has 0 fully saturated rings. The lowest BCUT2D eigenvalue weighted by Gasteiger charge is -2.37. The largest absolute Gasteiger partial charge is 0.468 e. The van der Waals surface area contributed by atoms with Gasteiger partial charge in [0.25, 0.3) is 5.91 Å². The Labute approximate surface area is 163 Å². The fourth-order valence-corrected chi connectivity index (χ4v) is 3.66. The SMILES string of the molecule is COC(=O)C1(c2ccccc2)C(=O)N(C(C)(C)c2ccc(Cl)nc2)C=C1C. The number of methoxy groups -OCH3 is 1. The van der Waals surface area contributed by atoms with Crippen LogP contribution in [0.15, 0.2) is 60.4 Å². The van der Waals surface area contributed by atoms with E-state index in [0.717, 1.165) is 5.56 Å². The lowest BCUT2D eigenvalue weighted by molar-refractivity contribution is -0.153. The second kappa shape index (κ2) is 6.82. The summed E-state index contributed by atoms with van der Waals surface area (Å²) < 4.78 is 5.06. The van der Waals surface area contributed by atoms with Crippen LogP contribution >= 0.6 is 11.6 Å². The second-order valence-corrected chi connectivity index (χ2v) is 7.41. The Hall–Kier alpha value is -2.66. The average Bonchev–Trinajstić information content (AvgIpc) is 2.94. The summed E-state index contributed by atoms with van der Waals surface area (Å²) in [6, 6.07) is 12.5. The van der Waals surface area contributed by atoms with Crippen LogP contribution in [-0.4, -0.2) is 28.9 Å². The van der Waals surface area contributed by atoms with Gasteiger partial charge in [0.2, 0.25) is 0 Å². The Morgan fingerprint density at radius 1 is 1.19 bits per heavy atom. The number of ether oxygens (including phenoxy) is 1. The summed E-state index contributed by atoms with van der Waals surface area (Å²) in [5.74, 6) is -0.946. The third-order valence-electron chi connectivity index (χ3n) is 5.19. The molecule has 1 atom stereocenters. The number of hydrogen-bond donors (Lipinski definition) is 0. The molecule has 5 nitrogen and oxygen atoms in total. The molecule has 0 spiro atoms. The van der Waals surface area contributed by atoms with Gasteiger partial charge in [0.15, 0.2) is 5.41 Å². The molecule has 1 aliphatic rings. The maximum absolute atomic E-state index is 13.7. The van der Waals surface area contributed by atoms with Crippen molar-refractivity contribution in [1.82, 2.24) is 9.88 Å². The Morgan fingerprint density at radius 2 is 1.85 bits per heavy atom. The van der Waals surface area contributed by atoms with Gasteiger partial charge in [0.1, 0.15) is 5.15 Å². The van der Waals surface area contributed by atoms with E-state index < -0.39 is 16.9 Å². The molecule has 140 valence electrons. The minimum absolute atomic E-state index is 0.349. The van der Waals surface area contributed by atoms with Gasteiger partial charge in [-0.25, -0.2) is 4.98 Å². The van der Waals surface area contributed by atoms with Crippen LogP contribution in [0.25, 0.3) is 0 Å². The van der Waals surface area contributed by atoms with Crippen molar-refractivity contribution in [2.24, 2.45) is 0 Å². The van der Waals surface area contributed by atoms with Crippen LogP contribution in [0, 0.1) is 0 Å². The van der Waals surface area contributed by atoms with Gasteiger partial charge in [-0.15, -0.1) is 0 Å². The van der Waals surface area contributed by atoms with Crippen LogP contribution in [0.4, 0.5) is 0 Å². The number of benzene rings is 1. The van der Waals surface area contributed by atoms with Crippen molar-refractivity contribution in [2.75, 3.05) is 7.11 Å². The summed E-state index contributed by atoms with van der Waals surface area (Å²) in [5.41, 5.74) is -0.227. The Morgan fingerprint density at radius 3 is 2.41 bits per heavy atom. The van der Waals surface area contributed by atoms with Crippen molar-refractivity contribution in [3.8, 4) is 0 Å². The monoisotopic (exact) mass is 384 g/mol. The van der Waals surface area contributed by atoms with Crippen molar-refractivity contribution in [3.63, 3.8) is 0 Å². The summed E-state index contributed by atoms with van der Waals surface area (Å²) in [7, 11) is 1.30. The minimum Gasteiger partial charge on any atom is -0.468 e. The number of amides is 1. The molecule has 2 heterocycles. The van der Waals surface area contributed by atoms with Gasteiger partial charge in [-0.2, -0.15) is 0 Å². The lowest BCUT2D eigenvalue weighted by Crippen LogP contribution is -2.51. The Kier molecular flexibility index (Phi) is 4.82. The van der Waals surface area contributed by atoms with Gasteiger partial charge in [-0.3, -0.25) is 9.59 Å². The van der Waals surface area contributed by atoms with Crippen molar-refractivity contribution < 1.29 is 14.3 Å². The number of nitrogens with zero attached hydrogens (tertiary/aromatic N) is 2. The number of hydrogen-bond acceptors (Lipinski definition) is 4. The zero-order chi connectivity index (χ0) is 19.8. The van der Waals surface area contributed by atoms with Crippen molar-refractivity contribution in [1.29, 1.82) is 0 Å². The molecule has 1 aliphatic heterocycles. The van der Waals surface area contributed by atoms with E-state index >= 15 is 0 Å². The zero-order valence-electron chi connectivity index (χ0n) is 15.7. The third-order valence-corrected chi connectivity index (χ3v) is 5.41. The smallest absolute Gasteiger partial charge is 0.330 e. The standard InChI is InChI=1S/C21H21ClN2O3/c1-14-13-24(20(2,3)16-10-11-17(22)23-12-16)18(25)21(14,19(26)27-4)15-8-6-5-7-9-15/h5-13H,1-4H3. The zero-order valence-corrected chi connectivity index (χ0v) is 16.4. The van der Waals surface area contributed by atoms with Crippen LogP contribution < -0.4 is 0 Å². The van der Waals surface area contributed by atoms with E-state index in [1.54, 1.807) is 54.6 Å². The van der Waals surface area contributed by atoms with Gasteiger partial charge in [-0.1, -0.05) is 48.0 Å². The maximum atomic E-state index is 13.7. The molecule has 27 heavy (non-hydrogen) atoms. The van der Waals surface area contributed by atoms with Crippen LogP contribution in [0.3, 0.4) is 0 Å². The highest BCUT2D eigenvalue weighted by Crippen LogP contribution is 2.45. The first kappa shape index (κ1) is 19.1. The predicted octanol–water partition coefficient (Wildman–Crippen LogP) is 3.83. The number of carbonyl (C=O) groups is 2. The minimum atomic E-state index is -1.49. The molecule has 6 heteroatoms. The van der Waals surface area contributed by atoms with E-state index in [1.165, 1.54) is 7.11 Å². The quantitative estimate of drug-likeness (QED) is 0.456. The molecule has 1 amide bonds. The van der Waals surface area contributed by atoms with E-state index in [0.29, 0.717) is 16.3 Å². The van der Waals surface area contributed by atoms with Gasteiger partial charge in [-0.05, 0) is 43.5 Å². The van der Waals surface area contributed by atoms with Gasteiger partial charge < -0.3 is 9.64 Å². The number of halogens is 1. The van der Waals surface area contributed by atoms with Gasteiger partial charge in [0.05, 0.1) is 12.6 Å². The topological polar surface area (TPSA) is 59.5 Å². The molecule has 2 aromatic rings. The molecule has 0 N–H and O–H groups in total. The van der Waals surface area contributed by atoms with E-state index in [9.17, 15) is 9.59 Å². The number of carbonyl (C=O) groups excluding carboxylic acids is 2. The second-order valence-electron chi connectivity index (χ2n) is 7.02. The molecule has 1 aromatic carbocycles. The highest BCUT2D eigenvalue weighted by Gasteiger charge is 2.58. The van der Waals surface area contributed by atoms with Crippen LogP contribution in [-0.2, 0) is 25.3 Å². The summed E-state index contributed by atoms with van der Waals surface area (Å²) in [6.07, 6.45) is 3.36. The normalized spacial score (nSPS) is 19.8. The summed E-state index contributed by atoms with van der Waals surface area (Å²) in [5, 5.41) is 0.377. The molecule has 0 bridgehead atoms. The molecular formula is C21H21ClN2O3. The molecule has 0 saturated carbocycles. The van der Waals surface area contributed by atoms with Crippen molar-refractivity contribution in [3.05, 3.63) is 76.7 Å². The van der Waals surface area contributed by atoms with E-state index in [1.807, 2.05) is 26.0 Å². The van der Waals surface area contributed by atoms with Crippen LogP contribution in [0.1, 0.15) is 31.9 Å². The van der Waals surface area contributed by atoms with Gasteiger partial charge in [0, 0.05) is 12.4 Å². The lowest BCUT2D eigenvalue weighted by atomic mass is 9.75. The van der Waals surface area contributed by atoms with Crippen LogP contribution in [0.2, 0.25) is 5.15 Å². The highest BCUT2D eigenvalue weighted by atomic mass is 35.5. The van der Waals surface area contributed by atoms with Crippen molar-refractivity contribution >= 4 is 23.5 Å². The van der Waals surface area contributed by atoms with Gasteiger partial charge >= 0.3 is 5.97 Å². The molecule has 0 saturated heterocycles.